The van der Waals surface area contributed by atoms with Crippen LogP contribution in [0.3, 0.4) is 0 Å². The Morgan fingerprint density at radius 1 is 1.07 bits per heavy atom. The van der Waals surface area contributed by atoms with E-state index in [0.29, 0.717) is 24.0 Å². The zero-order valence-electron chi connectivity index (χ0n) is 17.7. The van der Waals surface area contributed by atoms with Crippen LogP contribution >= 0.6 is 24.0 Å². The van der Waals surface area contributed by atoms with Gasteiger partial charge >= 0.3 is 0 Å². The van der Waals surface area contributed by atoms with Crippen molar-refractivity contribution >= 4 is 35.6 Å². The van der Waals surface area contributed by atoms with Gasteiger partial charge in [-0.2, -0.15) is 5.10 Å². The molecule has 0 bridgehead atoms. The minimum Gasteiger partial charge on any atom is -0.493 e. The Bertz CT molecular complexity index is 987. The summed E-state index contributed by atoms with van der Waals surface area (Å²) in [5.41, 5.74) is 3.94. The molecule has 0 aliphatic heterocycles. The third kappa shape index (κ3) is 5.88. The lowest BCUT2D eigenvalue weighted by Gasteiger charge is -2.14. The van der Waals surface area contributed by atoms with Crippen LogP contribution in [0.25, 0.3) is 5.69 Å². The molecule has 1 heterocycles. The molecule has 3 aromatic rings. The van der Waals surface area contributed by atoms with Gasteiger partial charge in [-0.1, -0.05) is 18.2 Å². The summed E-state index contributed by atoms with van der Waals surface area (Å²) in [4.78, 5) is 4.75. The van der Waals surface area contributed by atoms with Crippen LogP contribution in [0.4, 0.5) is 5.69 Å². The van der Waals surface area contributed by atoms with Crippen LogP contribution in [-0.2, 0) is 6.54 Å². The largest absolute Gasteiger partial charge is 0.493 e. The van der Waals surface area contributed by atoms with Gasteiger partial charge in [0.05, 0.1) is 32.1 Å². The van der Waals surface area contributed by atoms with Gasteiger partial charge in [0, 0.05) is 24.5 Å². The lowest BCUT2D eigenvalue weighted by Crippen LogP contribution is -2.30. The number of guanidine groups is 1. The quantitative estimate of drug-likeness (QED) is 0.274. The molecule has 0 radical (unpaired) electrons. The van der Waals surface area contributed by atoms with E-state index in [0.717, 1.165) is 29.2 Å². The highest BCUT2D eigenvalue weighted by atomic mass is 127. The Hall–Kier alpha value is -2.75. The summed E-state index contributed by atoms with van der Waals surface area (Å²) >= 11 is 0. The van der Waals surface area contributed by atoms with E-state index in [1.807, 2.05) is 67.2 Å². The molecule has 8 heteroatoms. The third-order valence-corrected chi connectivity index (χ3v) is 4.36. The highest BCUT2D eigenvalue weighted by Gasteiger charge is 2.08. The Morgan fingerprint density at radius 3 is 2.50 bits per heavy atom. The van der Waals surface area contributed by atoms with E-state index in [1.54, 1.807) is 14.2 Å². The van der Waals surface area contributed by atoms with Crippen LogP contribution in [0.2, 0.25) is 0 Å². The summed E-state index contributed by atoms with van der Waals surface area (Å²) < 4.78 is 12.6. The third-order valence-electron chi connectivity index (χ3n) is 4.36. The average Bonchev–Trinajstić information content (AvgIpc) is 3.18. The Balaban J connectivity index is 0.00000320. The van der Waals surface area contributed by atoms with Crippen molar-refractivity contribution in [2.24, 2.45) is 4.99 Å². The van der Waals surface area contributed by atoms with Crippen LogP contribution in [0.5, 0.6) is 11.5 Å². The molecule has 0 saturated heterocycles. The van der Waals surface area contributed by atoms with Crippen molar-refractivity contribution in [3.8, 4) is 17.2 Å². The molecule has 0 fully saturated rings. The highest BCUT2D eigenvalue weighted by Crippen LogP contribution is 2.29. The SMILES string of the molecule is CCNC(=NCc1ccccc1-n1ccc(C)n1)Nc1ccc(OC)c(OC)c1.I. The fourth-order valence-corrected chi connectivity index (χ4v) is 2.94. The number of aryl methyl sites for hydroxylation is 1. The number of rotatable bonds is 7. The van der Waals surface area contributed by atoms with Gasteiger partial charge in [-0.05, 0) is 43.7 Å². The van der Waals surface area contributed by atoms with E-state index >= 15 is 0 Å². The zero-order valence-corrected chi connectivity index (χ0v) is 20.0. The Kier molecular flexibility index (Phi) is 8.97. The summed E-state index contributed by atoms with van der Waals surface area (Å²) in [6, 6.07) is 15.8. The molecule has 0 spiro atoms. The minimum absolute atomic E-state index is 0. The van der Waals surface area contributed by atoms with Crippen molar-refractivity contribution in [3.05, 3.63) is 66.0 Å². The van der Waals surface area contributed by atoms with Crippen LogP contribution < -0.4 is 20.1 Å². The van der Waals surface area contributed by atoms with Crippen LogP contribution in [0, 0.1) is 6.92 Å². The Morgan fingerprint density at radius 2 is 1.83 bits per heavy atom. The topological polar surface area (TPSA) is 72.7 Å². The van der Waals surface area contributed by atoms with Gasteiger partial charge in [0.15, 0.2) is 17.5 Å². The fraction of sp³-hybridized carbons (Fsp3) is 0.273. The summed E-state index contributed by atoms with van der Waals surface area (Å²) in [6.07, 6.45) is 1.96. The molecule has 2 aromatic carbocycles. The van der Waals surface area contributed by atoms with E-state index in [-0.39, 0.29) is 24.0 Å². The van der Waals surface area contributed by atoms with Crippen LogP contribution in [-0.4, -0.2) is 36.5 Å². The second kappa shape index (κ2) is 11.4. The molecule has 2 N–H and O–H groups in total. The predicted molar refractivity (Wildman–Crippen MR) is 132 cm³/mol. The van der Waals surface area contributed by atoms with Crippen molar-refractivity contribution < 1.29 is 9.47 Å². The molecular weight excluding hydrogens is 493 g/mol. The standard InChI is InChI=1S/C22H27N5O2.HI/c1-5-23-22(25-18-10-11-20(28-3)21(14-18)29-4)24-15-17-8-6-7-9-19(17)27-13-12-16(2)26-27;/h6-14H,5,15H2,1-4H3,(H2,23,24,25);1H. The first-order chi connectivity index (χ1) is 14.1. The lowest BCUT2D eigenvalue weighted by molar-refractivity contribution is 0.355. The van der Waals surface area contributed by atoms with Gasteiger partial charge in [0.2, 0.25) is 0 Å². The molecule has 0 atom stereocenters. The number of benzene rings is 2. The number of halogens is 1. The summed E-state index contributed by atoms with van der Waals surface area (Å²) in [5, 5.41) is 11.1. The minimum atomic E-state index is 0. The number of aromatic nitrogens is 2. The molecule has 160 valence electrons. The molecule has 7 nitrogen and oxygen atoms in total. The predicted octanol–water partition coefficient (Wildman–Crippen LogP) is 4.39. The number of aliphatic imine (C=N–C) groups is 1. The fourth-order valence-electron chi connectivity index (χ4n) is 2.94. The number of nitrogens with zero attached hydrogens (tertiary/aromatic N) is 3. The maximum atomic E-state index is 5.38. The maximum absolute atomic E-state index is 5.38. The first-order valence-electron chi connectivity index (χ1n) is 9.52. The zero-order chi connectivity index (χ0) is 20.6. The van der Waals surface area contributed by atoms with Crippen LogP contribution in [0.1, 0.15) is 18.2 Å². The smallest absolute Gasteiger partial charge is 0.196 e. The van der Waals surface area contributed by atoms with Gasteiger partial charge in [0.25, 0.3) is 0 Å². The van der Waals surface area contributed by atoms with Crippen molar-refractivity contribution in [2.45, 2.75) is 20.4 Å². The molecule has 0 aliphatic rings. The van der Waals surface area contributed by atoms with Crippen molar-refractivity contribution in [2.75, 3.05) is 26.1 Å². The molecule has 1 aromatic heterocycles. The van der Waals surface area contributed by atoms with Crippen LogP contribution in [0.15, 0.2) is 59.7 Å². The molecule has 0 unspecified atom stereocenters. The summed E-state index contributed by atoms with van der Waals surface area (Å²) in [5.74, 6) is 2.03. The number of anilines is 1. The Labute approximate surface area is 194 Å². The van der Waals surface area contributed by atoms with Crippen molar-refractivity contribution in [1.29, 1.82) is 0 Å². The van der Waals surface area contributed by atoms with E-state index in [2.05, 4.69) is 21.8 Å². The molecule has 0 aliphatic carbocycles. The van der Waals surface area contributed by atoms with E-state index in [9.17, 15) is 0 Å². The van der Waals surface area contributed by atoms with Crippen molar-refractivity contribution in [1.82, 2.24) is 15.1 Å². The van der Waals surface area contributed by atoms with E-state index in [1.165, 1.54) is 0 Å². The van der Waals surface area contributed by atoms with Gasteiger partial charge in [0.1, 0.15) is 0 Å². The highest BCUT2D eigenvalue weighted by molar-refractivity contribution is 14.0. The molecule has 30 heavy (non-hydrogen) atoms. The summed E-state index contributed by atoms with van der Waals surface area (Å²) in [6.45, 7) is 5.27. The first kappa shape index (κ1) is 23.5. The van der Waals surface area contributed by atoms with E-state index < -0.39 is 0 Å². The number of hydrogen-bond acceptors (Lipinski definition) is 4. The van der Waals surface area contributed by atoms with Gasteiger partial charge in [-0.3, -0.25) is 0 Å². The number of ether oxygens (including phenoxy) is 2. The van der Waals surface area contributed by atoms with E-state index in [4.69, 9.17) is 14.5 Å². The number of para-hydroxylation sites is 1. The molecule has 0 amide bonds. The second-order valence-electron chi connectivity index (χ2n) is 6.42. The second-order valence-corrected chi connectivity index (χ2v) is 6.42. The lowest BCUT2D eigenvalue weighted by atomic mass is 10.2. The average molecular weight is 521 g/mol. The monoisotopic (exact) mass is 521 g/mol. The maximum Gasteiger partial charge on any atom is 0.196 e. The molecule has 0 saturated carbocycles. The van der Waals surface area contributed by atoms with Gasteiger partial charge in [-0.25, -0.2) is 9.67 Å². The van der Waals surface area contributed by atoms with Gasteiger partial charge < -0.3 is 20.1 Å². The number of hydrogen-bond donors (Lipinski definition) is 2. The summed E-state index contributed by atoms with van der Waals surface area (Å²) in [7, 11) is 3.24. The number of nitrogens with one attached hydrogen (secondary N) is 2. The number of methoxy groups -OCH3 is 2. The van der Waals surface area contributed by atoms with Crippen molar-refractivity contribution in [3.63, 3.8) is 0 Å². The molecule has 3 rings (SSSR count). The normalized spacial score (nSPS) is 10.9. The van der Waals surface area contributed by atoms with Gasteiger partial charge in [-0.15, -0.1) is 24.0 Å². The molecular formula is C22H28IN5O2. The first-order valence-corrected chi connectivity index (χ1v) is 9.52.